The van der Waals surface area contributed by atoms with Crippen molar-refractivity contribution in [2.24, 2.45) is 0 Å². The zero-order chi connectivity index (χ0) is 34.2. The molecule has 6 aromatic carbocycles. The predicted octanol–water partition coefficient (Wildman–Crippen LogP) is 13.6. The second kappa shape index (κ2) is 13.1. The van der Waals surface area contributed by atoms with E-state index in [9.17, 15) is 0 Å². The summed E-state index contributed by atoms with van der Waals surface area (Å²) >= 11 is 0. The summed E-state index contributed by atoms with van der Waals surface area (Å²) < 4.78 is 4.80. The molecule has 2 heterocycles. The Kier molecular flexibility index (Phi) is 8.14. The van der Waals surface area contributed by atoms with E-state index in [0.29, 0.717) is 0 Å². The highest BCUT2D eigenvalue weighted by molar-refractivity contribution is 6.13. The molecule has 0 saturated carbocycles. The minimum absolute atomic E-state index is 1.16. The lowest BCUT2D eigenvalue weighted by atomic mass is 9.99. The van der Waals surface area contributed by atoms with Crippen LogP contribution in [0, 0.1) is 0 Å². The van der Waals surface area contributed by atoms with Crippen LogP contribution in [0.5, 0.6) is 0 Å². The highest BCUT2D eigenvalue weighted by atomic mass is 15.0. The van der Waals surface area contributed by atoms with Gasteiger partial charge in [-0.25, -0.2) is 0 Å². The molecule has 2 heteroatoms. The monoisotopic (exact) mass is 644 g/mol. The molecule has 0 spiro atoms. The van der Waals surface area contributed by atoms with E-state index >= 15 is 0 Å². The summed E-state index contributed by atoms with van der Waals surface area (Å²) in [5, 5.41) is 5.03. The Morgan fingerprint density at radius 3 is 1.74 bits per heavy atom. The third-order valence-electron chi connectivity index (χ3n) is 9.98. The zero-order valence-electron chi connectivity index (χ0n) is 29.1. The molecule has 0 aliphatic heterocycles. The number of para-hydroxylation sites is 2. The fraction of sp³-hybridized carbons (Fsp3) is 0.0833. The normalized spacial score (nSPS) is 13.1. The Balaban J connectivity index is 1.27. The van der Waals surface area contributed by atoms with Crippen molar-refractivity contribution in [2.45, 2.75) is 27.7 Å². The number of hydrogen-bond acceptors (Lipinski definition) is 0. The molecular weight excluding hydrogens is 605 g/mol. The van der Waals surface area contributed by atoms with Crippen LogP contribution in [0.3, 0.4) is 0 Å². The van der Waals surface area contributed by atoms with Crippen LogP contribution in [0.25, 0.3) is 77.2 Å². The molecule has 242 valence electrons. The predicted molar refractivity (Wildman–Crippen MR) is 217 cm³/mol. The topological polar surface area (TPSA) is 9.86 Å². The second-order valence-corrected chi connectivity index (χ2v) is 13.1. The van der Waals surface area contributed by atoms with Crippen LogP contribution in [-0.2, 0) is 0 Å². The summed E-state index contributed by atoms with van der Waals surface area (Å²) in [7, 11) is 0. The van der Waals surface area contributed by atoms with E-state index in [1.165, 1.54) is 82.7 Å². The van der Waals surface area contributed by atoms with Gasteiger partial charge in [0.1, 0.15) is 0 Å². The van der Waals surface area contributed by atoms with Gasteiger partial charge in [0.2, 0.25) is 0 Å². The number of benzene rings is 6. The molecule has 2 nitrogen and oxygen atoms in total. The van der Waals surface area contributed by atoms with Gasteiger partial charge in [-0.15, -0.1) is 0 Å². The van der Waals surface area contributed by atoms with Gasteiger partial charge in [-0.05, 0) is 116 Å². The smallest absolute Gasteiger partial charge is 0.0547 e. The summed E-state index contributed by atoms with van der Waals surface area (Å²) in [6, 6.07) is 50.9. The average molecular weight is 645 g/mol. The van der Waals surface area contributed by atoms with Gasteiger partial charge in [0.25, 0.3) is 0 Å². The number of fused-ring (bicyclic) bond motifs is 6. The summed E-state index contributed by atoms with van der Waals surface area (Å²) in [6.45, 7) is 8.59. The molecule has 0 amide bonds. The van der Waals surface area contributed by atoms with Crippen LogP contribution >= 0.6 is 0 Å². The Morgan fingerprint density at radius 2 is 1.00 bits per heavy atom. The van der Waals surface area contributed by atoms with Crippen molar-refractivity contribution in [1.29, 1.82) is 0 Å². The summed E-state index contributed by atoms with van der Waals surface area (Å²) in [5.41, 5.74) is 14.6. The van der Waals surface area contributed by atoms with Gasteiger partial charge >= 0.3 is 0 Å². The minimum atomic E-state index is 1.16. The van der Waals surface area contributed by atoms with Gasteiger partial charge in [-0.3, -0.25) is 0 Å². The molecule has 0 N–H and O–H groups in total. The number of aromatic nitrogens is 2. The molecule has 50 heavy (non-hydrogen) atoms. The number of hydrogen-bond donors (Lipinski definition) is 0. The SMILES string of the molecule is C\C=C/C=C(C)/C(C)=C/C=C(\C)n1c2ccccc2c2cc(-c3ccc4c(c3)c3ccc(-c5ccccc5)cc3n4-c3ccccc3)ccc21. The Labute approximate surface area is 294 Å². The van der Waals surface area contributed by atoms with Gasteiger partial charge in [0.15, 0.2) is 0 Å². The van der Waals surface area contributed by atoms with Gasteiger partial charge in [-0.1, -0.05) is 115 Å². The molecule has 8 rings (SSSR count). The molecule has 0 unspecified atom stereocenters. The Hall–Kier alpha value is -6.12. The summed E-state index contributed by atoms with van der Waals surface area (Å²) in [6.07, 6.45) is 10.8. The molecule has 0 radical (unpaired) electrons. The Bertz CT molecular complexity index is 2660. The maximum atomic E-state index is 2.40. The summed E-state index contributed by atoms with van der Waals surface area (Å²) in [4.78, 5) is 0. The molecule has 0 aliphatic carbocycles. The molecule has 0 atom stereocenters. The van der Waals surface area contributed by atoms with Crippen LogP contribution in [0.2, 0.25) is 0 Å². The van der Waals surface area contributed by atoms with E-state index in [4.69, 9.17) is 0 Å². The van der Waals surface area contributed by atoms with Gasteiger partial charge in [-0.2, -0.15) is 0 Å². The van der Waals surface area contributed by atoms with Gasteiger partial charge < -0.3 is 9.13 Å². The van der Waals surface area contributed by atoms with Crippen molar-refractivity contribution in [3.05, 3.63) is 181 Å². The molecule has 8 aromatic rings. The molecule has 0 bridgehead atoms. The zero-order valence-corrected chi connectivity index (χ0v) is 29.1. The Morgan fingerprint density at radius 1 is 0.440 bits per heavy atom. The van der Waals surface area contributed by atoms with Crippen LogP contribution in [0.4, 0.5) is 0 Å². The first-order chi connectivity index (χ1) is 24.5. The maximum Gasteiger partial charge on any atom is 0.0547 e. The third kappa shape index (κ3) is 5.49. The van der Waals surface area contributed by atoms with Gasteiger partial charge in [0.05, 0.1) is 22.1 Å². The molecule has 0 fully saturated rings. The number of allylic oxidation sites excluding steroid dienone is 8. The van der Waals surface area contributed by atoms with Crippen LogP contribution in [0.15, 0.2) is 181 Å². The highest BCUT2D eigenvalue weighted by Crippen LogP contribution is 2.39. The largest absolute Gasteiger partial charge is 0.313 e. The lowest BCUT2D eigenvalue weighted by Crippen LogP contribution is -1.93. The van der Waals surface area contributed by atoms with Crippen molar-refractivity contribution in [1.82, 2.24) is 9.13 Å². The average Bonchev–Trinajstić information content (AvgIpc) is 3.68. The van der Waals surface area contributed by atoms with E-state index in [-0.39, 0.29) is 0 Å². The second-order valence-electron chi connectivity index (χ2n) is 13.1. The van der Waals surface area contributed by atoms with Crippen LogP contribution in [-0.4, -0.2) is 9.13 Å². The first-order valence-corrected chi connectivity index (χ1v) is 17.4. The van der Waals surface area contributed by atoms with Crippen molar-refractivity contribution in [3.8, 4) is 27.9 Å². The summed E-state index contributed by atoms with van der Waals surface area (Å²) in [5.74, 6) is 0. The first-order valence-electron chi connectivity index (χ1n) is 17.4. The van der Waals surface area contributed by atoms with E-state index in [0.717, 1.165) is 5.69 Å². The fourth-order valence-corrected chi connectivity index (χ4v) is 7.22. The van der Waals surface area contributed by atoms with Crippen molar-refractivity contribution < 1.29 is 0 Å². The highest BCUT2D eigenvalue weighted by Gasteiger charge is 2.16. The lowest BCUT2D eigenvalue weighted by molar-refractivity contribution is 1.18. The quantitative estimate of drug-likeness (QED) is 0.153. The van der Waals surface area contributed by atoms with E-state index in [1.54, 1.807) is 0 Å². The molecule has 2 aromatic heterocycles. The van der Waals surface area contributed by atoms with E-state index in [2.05, 4.69) is 200 Å². The standard InChI is InChI=1S/C48H40N2/c1-5-6-15-33(2)34(3)22-23-35(4)49-45-21-14-13-20-41(45)43-30-37(25-28-46(43)49)38-26-29-47-44(31-38)42-27-24-39(36-16-9-7-10-17-36)32-48(42)50(47)40-18-11-8-12-19-40/h5-32H,1-4H3/b6-5-,33-15+,34-22+,35-23+. The third-order valence-corrected chi connectivity index (χ3v) is 9.98. The van der Waals surface area contributed by atoms with E-state index < -0.39 is 0 Å². The molecule has 0 saturated heterocycles. The fourth-order valence-electron chi connectivity index (χ4n) is 7.22. The first kappa shape index (κ1) is 31.2. The van der Waals surface area contributed by atoms with Crippen molar-refractivity contribution >= 4 is 49.3 Å². The van der Waals surface area contributed by atoms with Crippen molar-refractivity contribution in [3.63, 3.8) is 0 Å². The van der Waals surface area contributed by atoms with Crippen molar-refractivity contribution in [2.75, 3.05) is 0 Å². The van der Waals surface area contributed by atoms with Crippen LogP contribution in [0.1, 0.15) is 27.7 Å². The number of rotatable bonds is 7. The number of nitrogens with zero attached hydrogens (tertiary/aromatic N) is 2. The maximum absolute atomic E-state index is 2.40. The van der Waals surface area contributed by atoms with E-state index in [1.807, 2.05) is 6.92 Å². The lowest BCUT2D eigenvalue weighted by Gasteiger charge is -2.10. The van der Waals surface area contributed by atoms with Gasteiger partial charge in [0, 0.05) is 32.9 Å². The van der Waals surface area contributed by atoms with Crippen LogP contribution < -0.4 is 0 Å². The molecular formula is C48H40N2. The minimum Gasteiger partial charge on any atom is -0.313 e. The molecule has 0 aliphatic rings.